The average molecular weight is 305 g/mol. The van der Waals surface area contributed by atoms with Crippen molar-refractivity contribution in [3.8, 4) is 5.75 Å². The van der Waals surface area contributed by atoms with Crippen LogP contribution in [0.25, 0.3) is 0 Å². The van der Waals surface area contributed by atoms with E-state index >= 15 is 0 Å². The molecular formula is C16H17ClN2O2. The molecule has 0 radical (unpaired) electrons. The van der Waals surface area contributed by atoms with Gasteiger partial charge in [0.05, 0.1) is 0 Å². The highest BCUT2D eigenvalue weighted by atomic mass is 35.5. The second-order valence-electron chi connectivity index (χ2n) is 4.72. The SMILES string of the molecule is Cc1ccccc1OCc1cccc(Cl)c1C(O)C(=N)N. The summed E-state index contributed by atoms with van der Waals surface area (Å²) in [5.41, 5.74) is 7.51. The van der Waals surface area contributed by atoms with Crippen LogP contribution in [-0.4, -0.2) is 10.9 Å². The molecule has 0 fully saturated rings. The maximum atomic E-state index is 10.0. The van der Waals surface area contributed by atoms with Gasteiger partial charge in [0.1, 0.15) is 24.3 Å². The molecule has 0 saturated carbocycles. The van der Waals surface area contributed by atoms with Crippen LogP contribution in [0.5, 0.6) is 5.75 Å². The monoisotopic (exact) mass is 304 g/mol. The first-order chi connectivity index (χ1) is 10.0. The van der Waals surface area contributed by atoms with Gasteiger partial charge in [-0.05, 0) is 30.2 Å². The molecule has 0 aliphatic rings. The van der Waals surface area contributed by atoms with E-state index in [1.165, 1.54) is 0 Å². The summed E-state index contributed by atoms with van der Waals surface area (Å²) in [4.78, 5) is 0. The summed E-state index contributed by atoms with van der Waals surface area (Å²) in [6.07, 6.45) is -1.23. The van der Waals surface area contributed by atoms with E-state index in [0.29, 0.717) is 16.1 Å². The van der Waals surface area contributed by atoms with Crippen molar-refractivity contribution < 1.29 is 9.84 Å². The minimum Gasteiger partial charge on any atom is -0.489 e. The summed E-state index contributed by atoms with van der Waals surface area (Å²) in [7, 11) is 0. The van der Waals surface area contributed by atoms with Crippen LogP contribution in [0.15, 0.2) is 42.5 Å². The van der Waals surface area contributed by atoms with Crippen LogP contribution in [0.1, 0.15) is 22.8 Å². The molecule has 21 heavy (non-hydrogen) atoms. The third-order valence-electron chi connectivity index (χ3n) is 3.19. The Morgan fingerprint density at radius 1 is 1.29 bits per heavy atom. The van der Waals surface area contributed by atoms with Crippen molar-refractivity contribution in [2.75, 3.05) is 0 Å². The predicted molar refractivity (Wildman–Crippen MR) is 83.8 cm³/mol. The third-order valence-corrected chi connectivity index (χ3v) is 3.52. The van der Waals surface area contributed by atoms with Gasteiger partial charge in [-0.3, -0.25) is 5.41 Å². The second-order valence-corrected chi connectivity index (χ2v) is 5.13. The molecule has 4 nitrogen and oxygen atoms in total. The summed E-state index contributed by atoms with van der Waals surface area (Å²) in [5, 5.41) is 17.8. The van der Waals surface area contributed by atoms with Gasteiger partial charge < -0.3 is 15.6 Å². The van der Waals surface area contributed by atoms with Crippen LogP contribution in [-0.2, 0) is 6.61 Å². The van der Waals surface area contributed by atoms with E-state index in [2.05, 4.69) is 0 Å². The number of para-hydroxylation sites is 1. The third kappa shape index (κ3) is 3.54. The molecule has 5 heteroatoms. The Morgan fingerprint density at radius 3 is 2.67 bits per heavy atom. The zero-order valence-corrected chi connectivity index (χ0v) is 12.4. The van der Waals surface area contributed by atoms with Crippen molar-refractivity contribution in [3.05, 3.63) is 64.2 Å². The van der Waals surface area contributed by atoms with Crippen LogP contribution in [0.2, 0.25) is 5.02 Å². The Morgan fingerprint density at radius 2 is 2.00 bits per heavy atom. The molecule has 2 aromatic rings. The molecule has 0 heterocycles. The van der Waals surface area contributed by atoms with E-state index in [0.717, 1.165) is 11.3 Å². The van der Waals surface area contributed by atoms with Crippen LogP contribution < -0.4 is 10.5 Å². The van der Waals surface area contributed by atoms with Gasteiger partial charge in [0.2, 0.25) is 0 Å². The molecule has 0 bridgehead atoms. The van der Waals surface area contributed by atoms with Crippen LogP contribution in [0.3, 0.4) is 0 Å². The Balaban J connectivity index is 2.26. The standard InChI is InChI=1S/C16H17ClN2O2/c1-10-5-2-3-8-13(10)21-9-11-6-4-7-12(17)14(11)15(20)16(18)19/h2-8,15,20H,9H2,1H3,(H3,18,19). The number of hydrogen-bond donors (Lipinski definition) is 3. The molecule has 2 rings (SSSR count). The lowest BCUT2D eigenvalue weighted by atomic mass is 10.0. The van der Waals surface area contributed by atoms with Gasteiger partial charge in [-0.25, -0.2) is 0 Å². The largest absolute Gasteiger partial charge is 0.489 e. The van der Waals surface area contributed by atoms with E-state index < -0.39 is 6.10 Å². The van der Waals surface area contributed by atoms with Gasteiger partial charge in [-0.2, -0.15) is 0 Å². The number of amidine groups is 1. The van der Waals surface area contributed by atoms with Crippen molar-refractivity contribution >= 4 is 17.4 Å². The summed E-state index contributed by atoms with van der Waals surface area (Å²) >= 11 is 6.11. The summed E-state index contributed by atoms with van der Waals surface area (Å²) in [6.45, 7) is 2.20. The van der Waals surface area contributed by atoms with Crippen LogP contribution in [0, 0.1) is 12.3 Å². The molecular weight excluding hydrogens is 288 g/mol. The highest BCUT2D eigenvalue weighted by Gasteiger charge is 2.19. The quantitative estimate of drug-likeness (QED) is 0.586. The topological polar surface area (TPSA) is 79.3 Å². The van der Waals surface area contributed by atoms with E-state index in [1.54, 1.807) is 18.2 Å². The molecule has 0 saturated heterocycles. The first-order valence-corrected chi connectivity index (χ1v) is 6.86. The zero-order chi connectivity index (χ0) is 15.4. The van der Waals surface area contributed by atoms with Crippen molar-refractivity contribution in [1.82, 2.24) is 0 Å². The summed E-state index contributed by atoms with van der Waals surface area (Å²) in [5.74, 6) is 0.418. The Bertz CT molecular complexity index is 658. The van der Waals surface area contributed by atoms with E-state index in [1.807, 2.05) is 31.2 Å². The number of ether oxygens (including phenoxy) is 1. The van der Waals surface area contributed by atoms with Gasteiger partial charge in [-0.1, -0.05) is 41.9 Å². The van der Waals surface area contributed by atoms with Crippen molar-refractivity contribution in [3.63, 3.8) is 0 Å². The van der Waals surface area contributed by atoms with Gasteiger partial charge >= 0.3 is 0 Å². The number of nitrogens with two attached hydrogens (primary N) is 1. The van der Waals surface area contributed by atoms with Gasteiger partial charge in [0.25, 0.3) is 0 Å². The zero-order valence-electron chi connectivity index (χ0n) is 11.6. The molecule has 4 N–H and O–H groups in total. The highest BCUT2D eigenvalue weighted by molar-refractivity contribution is 6.31. The van der Waals surface area contributed by atoms with Gasteiger partial charge in [0, 0.05) is 10.6 Å². The highest BCUT2D eigenvalue weighted by Crippen LogP contribution is 2.28. The number of nitrogens with one attached hydrogen (secondary N) is 1. The Kier molecular flexibility index (Phi) is 4.83. The van der Waals surface area contributed by atoms with Gasteiger partial charge in [-0.15, -0.1) is 0 Å². The number of aliphatic hydroxyl groups is 1. The first-order valence-electron chi connectivity index (χ1n) is 6.48. The lowest BCUT2D eigenvalue weighted by Crippen LogP contribution is -2.22. The normalized spacial score (nSPS) is 12.0. The number of halogens is 1. The number of rotatable bonds is 5. The number of aryl methyl sites for hydroxylation is 1. The minimum absolute atomic E-state index is 0.241. The molecule has 1 unspecified atom stereocenters. The molecule has 0 amide bonds. The van der Waals surface area contributed by atoms with E-state index in [-0.39, 0.29) is 12.4 Å². The van der Waals surface area contributed by atoms with E-state index in [4.69, 9.17) is 27.5 Å². The molecule has 0 aliphatic heterocycles. The molecule has 2 aromatic carbocycles. The van der Waals surface area contributed by atoms with Crippen LogP contribution in [0.4, 0.5) is 0 Å². The fraction of sp³-hybridized carbons (Fsp3) is 0.188. The molecule has 0 aromatic heterocycles. The molecule has 0 aliphatic carbocycles. The lowest BCUT2D eigenvalue weighted by Gasteiger charge is -2.17. The minimum atomic E-state index is -1.23. The van der Waals surface area contributed by atoms with Gasteiger partial charge in [0.15, 0.2) is 0 Å². The lowest BCUT2D eigenvalue weighted by molar-refractivity contribution is 0.238. The summed E-state index contributed by atoms with van der Waals surface area (Å²) in [6, 6.07) is 12.9. The smallest absolute Gasteiger partial charge is 0.137 e. The second kappa shape index (κ2) is 6.61. The summed E-state index contributed by atoms with van der Waals surface area (Å²) < 4.78 is 5.77. The Labute approximate surface area is 128 Å². The fourth-order valence-electron chi connectivity index (χ4n) is 2.04. The van der Waals surface area contributed by atoms with Crippen molar-refractivity contribution in [2.24, 2.45) is 5.73 Å². The fourth-order valence-corrected chi connectivity index (χ4v) is 2.34. The maximum absolute atomic E-state index is 10.0. The molecule has 0 spiro atoms. The first kappa shape index (κ1) is 15.4. The average Bonchev–Trinajstić information content (AvgIpc) is 2.45. The van der Waals surface area contributed by atoms with E-state index in [9.17, 15) is 5.11 Å². The molecule has 110 valence electrons. The number of benzene rings is 2. The van der Waals surface area contributed by atoms with Crippen molar-refractivity contribution in [1.29, 1.82) is 5.41 Å². The number of aliphatic hydroxyl groups excluding tert-OH is 1. The predicted octanol–water partition coefficient (Wildman–Crippen LogP) is 3.20. The Hall–Kier alpha value is -2.04. The molecule has 1 atom stereocenters. The van der Waals surface area contributed by atoms with Crippen LogP contribution >= 0.6 is 11.6 Å². The van der Waals surface area contributed by atoms with Crippen molar-refractivity contribution in [2.45, 2.75) is 19.6 Å². The maximum Gasteiger partial charge on any atom is 0.137 e. The number of hydrogen-bond acceptors (Lipinski definition) is 3.